The number of methoxy groups -OCH3 is 1. The number of halogens is 1. The van der Waals surface area contributed by atoms with Crippen LogP contribution in [0.1, 0.15) is 21.5 Å². The third-order valence-corrected chi connectivity index (χ3v) is 5.06. The molecule has 178 valence electrons. The number of nitro groups is 1. The summed E-state index contributed by atoms with van der Waals surface area (Å²) in [6, 6.07) is 16.8. The van der Waals surface area contributed by atoms with E-state index in [4.69, 9.17) is 4.74 Å². The molecule has 0 radical (unpaired) electrons. The van der Waals surface area contributed by atoms with Crippen LogP contribution in [0, 0.1) is 10.1 Å². The number of hydrogen-bond acceptors (Lipinski definition) is 7. The van der Waals surface area contributed by atoms with Crippen LogP contribution in [0.2, 0.25) is 0 Å². The predicted molar refractivity (Wildman–Crippen MR) is 133 cm³/mol. The second-order valence-electron chi connectivity index (χ2n) is 6.97. The number of phenolic OH excluding ortho intramolecular Hbond substituents is 1. The average molecular weight is 539 g/mol. The van der Waals surface area contributed by atoms with Gasteiger partial charge in [-0.15, -0.1) is 0 Å². The number of carbonyl (C=O) groups is 2. The number of nitrogens with one attached hydrogen (secondary N) is 2. The fourth-order valence-electron chi connectivity index (χ4n) is 2.87. The van der Waals surface area contributed by atoms with Crippen LogP contribution in [-0.2, 0) is 4.79 Å². The summed E-state index contributed by atoms with van der Waals surface area (Å²) in [5.74, 6) is -1.26. The molecule has 3 aromatic carbocycles. The quantitative estimate of drug-likeness (QED) is 0.171. The molecule has 3 N–H and O–H groups in total. The Kier molecular flexibility index (Phi) is 8.30. The lowest BCUT2D eigenvalue weighted by Gasteiger charge is -2.10. The maximum atomic E-state index is 12.8. The third kappa shape index (κ3) is 6.74. The molecule has 0 aromatic heterocycles. The minimum absolute atomic E-state index is 0.115. The molecule has 0 bridgehead atoms. The molecular weight excluding hydrogens is 520 g/mol. The van der Waals surface area contributed by atoms with Crippen molar-refractivity contribution in [3.63, 3.8) is 0 Å². The van der Waals surface area contributed by atoms with Gasteiger partial charge in [0, 0.05) is 27.7 Å². The van der Waals surface area contributed by atoms with Gasteiger partial charge in [-0.2, -0.15) is 5.10 Å². The number of nitro benzene ring substituents is 1. The molecule has 0 fully saturated rings. The first kappa shape index (κ1) is 25.1. The zero-order valence-electron chi connectivity index (χ0n) is 18.3. The monoisotopic (exact) mass is 538 g/mol. The predicted octanol–water partition coefficient (Wildman–Crippen LogP) is 3.99. The van der Waals surface area contributed by atoms with Gasteiger partial charge in [-0.1, -0.05) is 34.1 Å². The Morgan fingerprint density at radius 2 is 1.80 bits per heavy atom. The first-order chi connectivity index (χ1) is 16.8. The van der Waals surface area contributed by atoms with Gasteiger partial charge in [0.25, 0.3) is 17.5 Å². The highest BCUT2D eigenvalue weighted by atomic mass is 79.9. The van der Waals surface area contributed by atoms with E-state index in [0.717, 1.165) is 0 Å². The molecule has 0 heterocycles. The standard InChI is InChI=1S/C24H19BrN4O6/c1-35-21-13-18(25)12-17(22(21)30)14-26-28-24(32)20(27-23(31)16-5-3-2-4-6-16)11-15-7-9-19(10-8-15)29(33)34/h2-14,30H,1H3,(H,27,31)(H,28,32)/b20-11-,26-14+. The van der Waals surface area contributed by atoms with E-state index in [9.17, 15) is 24.8 Å². The van der Waals surface area contributed by atoms with Gasteiger partial charge in [-0.05, 0) is 48.0 Å². The Morgan fingerprint density at radius 1 is 1.11 bits per heavy atom. The van der Waals surface area contributed by atoms with Crippen molar-refractivity contribution in [1.29, 1.82) is 0 Å². The largest absolute Gasteiger partial charge is 0.504 e. The highest BCUT2D eigenvalue weighted by Crippen LogP contribution is 2.32. The summed E-state index contributed by atoms with van der Waals surface area (Å²) in [5.41, 5.74) is 3.06. The van der Waals surface area contributed by atoms with Crippen molar-refractivity contribution in [3.8, 4) is 11.5 Å². The van der Waals surface area contributed by atoms with Crippen LogP contribution in [0.25, 0.3) is 6.08 Å². The Morgan fingerprint density at radius 3 is 2.43 bits per heavy atom. The number of benzene rings is 3. The number of amides is 2. The lowest BCUT2D eigenvalue weighted by Crippen LogP contribution is -2.32. The number of aromatic hydroxyl groups is 1. The molecule has 0 atom stereocenters. The smallest absolute Gasteiger partial charge is 0.287 e. The highest BCUT2D eigenvalue weighted by Gasteiger charge is 2.15. The summed E-state index contributed by atoms with van der Waals surface area (Å²) in [7, 11) is 1.40. The van der Waals surface area contributed by atoms with Crippen molar-refractivity contribution in [1.82, 2.24) is 10.7 Å². The molecule has 0 aliphatic heterocycles. The molecule has 35 heavy (non-hydrogen) atoms. The summed E-state index contributed by atoms with van der Waals surface area (Å²) >= 11 is 3.29. The Hall–Kier alpha value is -4.51. The molecule has 3 rings (SSSR count). The number of hydrogen-bond donors (Lipinski definition) is 3. The van der Waals surface area contributed by atoms with Gasteiger partial charge in [0.1, 0.15) is 5.70 Å². The topological polar surface area (TPSA) is 143 Å². The van der Waals surface area contributed by atoms with Crippen LogP contribution in [0.15, 0.2) is 82.0 Å². The summed E-state index contributed by atoms with van der Waals surface area (Å²) < 4.78 is 5.70. The van der Waals surface area contributed by atoms with Crippen molar-refractivity contribution in [2.45, 2.75) is 0 Å². The molecule has 11 heteroatoms. The third-order valence-electron chi connectivity index (χ3n) is 4.60. The molecule has 10 nitrogen and oxygen atoms in total. The zero-order valence-corrected chi connectivity index (χ0v) is 19.9. The number of carbonyl (C=O) groups excluding carboxylic acids is 2. The van der Waals surface area contributed by atoms with E-state index in [1.165, 1.54) is 43.7 Å². The van der Waals surface area contributed by atoms with Gasteiger partial charge in [0.2, 0.25) is 0 Å². The molecule has 0 aliphatic rings. The van der Waals surface area contributed by atoms with Crippen LogP contribution >= 0.6 is 15.9 Å². The molecule has 2 amide bonds. The van der Waals surface area contributed by atoms with Gasteiger partial charge >= 0.3 is 0 Å². The average Bonchev–Trinajstić information content (AvgIpc) is 2.86. The second kappa shape index (κ2) is 11.6. The van der Waals surface area contributed by atoms with Gasteiger partial charge in [-0.25, -0.2) is 5.43 Å². The van der Waals surface area contributed by atoms with E-state index in [1.54, 1.807) is 42.5 Å². The van der Waals surface area contributed by atoms with E-state index >= 15 is 0 Å². The number of non-ortho nitro benzene ring substituents is 1. The van der Waals surface area contributed by atoms with Crippen LogP contribution in [-0.4, -0.2) is 35.2 Å². The molecule has 0 saturated carbocycles. The SMILES string of the molecule is COc1cc(Br)cc(/C=N/NC(=O)/C(=C/c2ccc([N+](=O)[O-])cc2)NC(=O)c2ccccc2)c1O. The first-order valence-corrected chi connectivity index (χ1v) is 10.8. The van der Waals surface area contributed by atoms with Gasteiger partial charge in [0.15, 0.2) is 11.5 Å². The summed E-state index contributed by atoms with van der Waals surface area (Å²) in [6.07, 6.45) is 2.57. The summed E-state index contributed by atoms with van der Waals surface area (Å²) in [5, 5.41) is 27.5. The van der Waals surface area contributed by atoms with Gasteiger partial charge in [0.05, 0.1) is 18.2 Å². The molecule has 0 unspecified atom stereocenters. The zero-order chi connectivity index (χ0) is 25.4. The van der Waals surface area contributed by atoms with Crippen molar-refractivity contribution >= 4 is 45.7 Å². The lowest BCUT2D eigenvalue weighted by molar-refractivity contribution is -0.384. The number of phenols is 1. The maximum absolute atomic E-state index is 12.8. The number of rotatable bonds is 8. The molecule has 0 aliphatic carbocycles. The Bertz CT molecular complexity index is 1310. The molecule has 0 spiro atoms. The van der Waals surface area contributed by atoms with Crippen molar-refractivity contribution in [2.24, 2.45) is 5.10 Å². The second-order valence-corrected chi connectivity index (χ2v) is 7.89. The molecular formula is C24H19BrN4O6. The first-order valence-electron chi connectivity index (χ1n) is 10.0. The maximum Gasteiger partial charge on any atom is 0.287 e. The van der Waals surface area contributed by atoms with E-state index in [0.29, 0.717) is 15.6 Å². The van der Waals surface area contributed by atoms with E-state index < -0.39 is 16.7 Å². The van der Waals surface area contributed by atoms with E-state index in [-0.39, 0.29) is 28.4 Å². The fourth-order valence-corrected chi connectivity index (χ4v) is 3.32. The van der Waals surface area contributed by atoms with Crippen LogP contribution in [0.4, 0.5) is 5.69 Å². The van der Waals surface area contributed by atoms with E-state index in [1.807, 2.05) is 0 Å². The van der Waals surface area contributed by atoms with Gasteiger partial charge < -0.3 is 15.2 Å². The van der Waals surface area contributed by atoms with Crippen LogP contribution in [0.5, 0.6) is 11.5 Å². The minimum Gasteiger partial charge on any atom is -0.504 e. The number of nitrogens with zero attached hydrogens (tertiary/aromatic N) is 2. The molecule has 0 saturated heterocycles. The van der Waals surface area contributed by atoms with Crippen molar-refractivity contribution in [3.05, 3.63) is 104 Å². The van der Waals surface area contributed by atoms with Crippen molar-refractivity contribution < 1.29 is 24.4 Å². The highest BCUT2D eigenvalue weighted by molar-refractivity contribution is 9.10. The van der Waals surface area contributed by atoms with Crippen molar-refractivity contribution in [2.75, 3.05) is 7.11 Å². The van der Waals surface area contributed by atoms with E-state index in [2.05, 4.69) is 31.8 Å². The Balaban J connectivity index is 1.85. The minimum atomic E-state index is -0.759. The fraction of sp³-hybridized carbons (Fsp3) is 0.0417. The Labute approximate surface area is 208 Å². The van der Waals surface area contributed by atoms with Gasteiger partial charge in [-0.3, -0.25) is 19.7 Å². The summed E-state index contributed by atoms with van der Waals surface area (Å²) in [6.45, 7) is 0. The number of ether oxygens (including phenoxy) is 1. The molecule has 3 aromatic rings. The van der Waals surface area contributed by atoms with Crippen LogP contribution < -0.4 is 15.5 Å². The number of hydrazone groups is 1. The summed E-state index contributed by atoms with van der Waals surface area (Å²) in [4.78, 5) is 35.8. The lowest BCUT2D eigenvalue weighted by atomic mass is 10.1. The normalized spacial score (nSPS) is 11.2. The van der Waals surface area contributed by atoms with Crippen LogP contribution in [0.3, 0.4) is 0 Å².